The van der Waals surface area contributed by atoms with Gasteiger partial charge in [0.2, 0.25) is 5.91 Å². The third-order valence-corrected chi connectivity index (χ3v) is 5.38. The monoisotopic (exact) mass is 352 g/mol. The highest BCUT2D eigenvalue weighted by Gasteiger charge is 2.40. The van der Waals surface area contributed by atoms with E-state index in [0.717, 1.165) is 21.6 Å². The Labute approximate surface area is 151 Å². The average molecular weight is 352 g/mol. The highest BCUT2D eigenvalue weighted by Crippen LogP contribution is 2.33. The molecule has 0 aliphatic rings. The van der Waals surface area contributed by atoms with Gasteiger partial charge in [-0.25, -0.2) is 0 Å². The van der Waals surface area contributed by atoms with Gasteiger partial charge in [-0.05, 0) is 53.3 Å². The Hall–Kier alpha value is -2.57. The minimum atomic E-state index is -0.982. The van der Waals surface area contributed by atoms with E-state index in [2.05, 4.69) is 15.3 Å². The van der Waals surface area contributed by atoms with Crippen molar-refractivity contribution in [1.29, 1.82) is 0 Å². The SMILES string of the molecule is Cc1ccsc1C(Cc1cccnc1)(NCc1ccncc1)C(N)=O. The van der Waals surface area contributed by atoms with Gasteiger partial charge in [0.1, 0.15) is 5.54 Å². The van der Waals surface area contributed by atoms with Crippen LogP contribution in [0.3, 0.4) is 0 Å². The van der Waals surface area contributed by atoms with Crippen LogP contribution in [-0.2, 0) is 23.3 Å². The summed E-state index contributed by atoms with van der Waals surface area (Å²) in [4.78, 5) is 21.8. The number of aromatic nitrogens is 2. The Balaban J connectivity index is 1.99. The van der Waals surface area contributed by atoms with Gasteiger partial charge in [-0.15, -0.1) is 11.3 Å². The Morgan fingerprint density at radius 3 is 2.56 bits per heavy atom. The van der Waals surface area contributed by atoms with Crippen LogP contribution < -0.4 is 11.1 Å². The van der Waals surface area contributed by atoms with E-state index in [0.29, 0.717) is 13.0 Å². The van der Waals surface area contributed by atoms with Crippen LogP contribution in [0.15, 0.2) is 60.5 Å². The molecular formula is C19H20N4OS. The molecule has 6 heteroatoms. The normalized spacial score (nSPS) is 13.3. The highest BCUT2D eigenvalue weighted by molar-refractivity contribution is 7.10. The van der Waals surface area contributed by atoms with E-state index in [4.69, 9.17) is 5.73 Å². The predicted octanol–water partition coefficient (Wildman–Crippen LogP) is 2.56. The summed E-state index contributed by atoms with van der Waals surface area (Å²) in [5.74, 6) is -0.393. The largest absolute Gasteiger partial charge is 0.368 e. The zero-order valence-corrected chi connectivity index (χ0v) is 14.8. The number of rotatable bonds is 7. The number of aryl methyl sites for hydroxylation is 1. The van der Waals surface area contributed by atoms with Crippen molar-refractivity contribution in [3.05, 3.63) is 82.1 Å². The highest BCUT2D eigenvalue weighted by atomic mass is 32.1. The number of primary amides is 1. The van der Waals surface area contributed by atoms with E-state index in [1.807, 2.05) is 42.6 Å². The summed E-state index contributed by atoms with van der Waals surface area (Å²) >= 11 is 1.54. The van der Waals surface area contributed by atoms with Crippen molar-refractivity contribution < 1.29 is 4.79 Å². The number of hydrogen-bond donors (Lipinski definition) is 2. The number of amides is 1. The second-order valence-electron chi connectivity index (χ2n) is 5.95. The lowest BCUT2D eigenvalue weighted by Gasteiger charge is -2.32. The Bertz CT molecular complexity index is 835. The Kier molecular flexibility index (Phi) is 5.21. The summed E-state index contributed by atoms with van der Waals surface area (Å²) in [6.45, 7) is 2.52. The van der Waals surface area contributed by atoms with Gasteiger partial charge in [0, 0.05) is 42.6 Å². The van der Waals surface area contributed by atoms with Crippen LogP contribution in [-0.4, -0.2) is 15.9 Å². The van der Waals surface area contributed by atoms with Crippen LogP contribution in [0.1, 0.15) is 21.6 Å². The van der Waals surface area contributed by atoms with Crippen molar-refractivity contribution in [2.24, 2.45) is 5.73 Å². The van der Waals surface area contributed by atoms with E-state index in [1.54, 1.807) is 36.1 Å². The molecule has 0 saturated carbocycles. The number of carbonyl (C=O) groups is 1. The molecule has 0 aromatic carbocycles. The summed E-state index contributed by atoms with van der Waals surface area (Å²) in [6.07, 6.45) is 7.41. The Morgan fingerprint density at radius 2 is 1.96 bits per heavy atom. The third-order valence-electron chi connectivity index (χ3n) is 4.21. The molecule has 5 nitrogen and oxygen atoms in total. The first-order valence-corrected chi connectivity index (χ1v) is 8.87. The fourth-order valence-corrected chi connectivity index (χ4v) is 3.99. The van der Waals surface area contributed by atoms with Crippen molar-refractivity contribution in [2.75, 3.05) is 0 Å². The fourth-order valence-electron chi connectivity index (χ4n) is 2.88. The minimum absolute atomic E-state index is 0.393. The van der Waals surface area contributed by atoms with Crippen molar-refractivity contribution in [3.8, 4) is 0 Å². The van der Waals surface area contributed by atoms with Crippen LogP contribution in [0.4, 0.5) is 0 Å². The maximum Gasteiger partial charge on any atom is 0.243 e. The predicted molar refractivity (Wildman–Crippen MR) is 98.9 cm³/mol. The summed E-state index contributed by atoms with van der Waals surface area (Å²) in [6, 6.07) is 9.68. The molecule has 0 spiro atoms. The van der Waals surface area contributed by atoms with Crippen LogP contribution >= 0.6 is 11.3 Å². The lowest BCUT2D eigenvalue weighted by Crippen LogP contribution is -2.53. The van der Waals surface area contributed by atoms with Gasteiger partial charge in [0.05, 0.1) is 0 Å². The zero-order chi connectivity index (χ0) is 17.7. The van der Waals surface area contributed by atoms with Crippen molar-refractivity contribution in [2.45, 2.75) is 25.4 Å². The summed E-state index contributed by atoms with van der Waals surface area (Å²) in [5.41, 5.74) is 7.98. The van der Waals surface area contributed by atoms with E-state index in [1.165, 1.54) is 0 Å². The minimum Gasteiger partial charge on any atom is -0.368 e. The number of thiophene rings is 1. The first kappa shape index (κ1) is 17.3. The van der Waals surface area contributed by atoms with Crippen molar-refractivity contribution in [1.82, 2.24) is 15.3 Å². The van der Waals surface area contributed by atoms with Crippen molar-refractivity contribution in [3.63, 3.8) is 0 Å². The molecule has 1 unspecified atom stereocenters. The maximum atomic E-state index is 12.6. The van der Waals surface area contributed by atoms with Gasteiger partial charge < -0.3 is 5.73 Å². The van der Waals surface area contributed by atoms with Crippen molar-refractivity contribution >= 4 is 17.2 Å². The average Bonchev–Trinajstić information content (AvgIpc) is 3.06. The first-order valence-electron chi connectivity index (χ1n) is 7.99. The van der Waals surface area contributed by atoms with Gasteiger partial charge in [-0.3, -0.25) is 20.1 Å². The van der Waals surface area contributed by atoms with Gasteiger partial charge in [-0.1, -0.05) is 6.07 Å². The van der Waals surface area contributed by atoms with Crippen LogP contribution in [0, 0.1) is 6.92 Å². The van der Waals surface area contributed by atoms with E-state index in [9.17, 15) is 4.79 Å². The number of nitrogens with zero attached hydrogens (tertiary/aromatic N) is 2. The fraction of sp³-hybridized carbons (Fsp3) is 0.211. The molecule has 1 amide bonds. The number of nitrogens with one attached hydrogen (secondary N) is 1. The number of carbonyl (C=O) groups excluding carboxylic acids is 1. The smallest absolute Gasteiger partial charge is 0.243 e. The van der Waals surface area contributed by atoms with E-state index in [-0.39, 0.29) is 0 Å². The molecule has 0 aliphatic carbocycles. The van der Waals surface area contributed by atoms with Crippen LogP contribution in [0.25, 0.3) is 0 Å². The molecule has 3 rings (SSSR count). The molecular weight excluding hydrogens is 332 g/mol. The second kappa shape index (κ2) is 7.55. The van der Waals surface area contributed by atoms with Crippen LogP contribution in [0.5, 0.6) is 0 Å². The maximum absolute atomic E-state index is 12.6. The quantitative estimate of drug-likeness (QED) is 0.685. The van der Waals surface area contributed by atoms with E-state index >= 15 is 0 Å². The lowest BCUT2D eigenvalue weighted by molar-refractivity contribution is -0.124. The number of nitrogens with two attached hydrogens (primary N) is 1. The molecule has 0 radical (unpaired) electrons. The number of pyridine rings is 2. The molecule has 3 N–H and O–H groups in total. The number of hydrogen-bond acceptors (Lipinski definition) is 5. The molecule has 3 heterocycles. The summed E-state index contributed by atoms with van der Waals surface area (Å²) in [5, 5.41) is 5.41. The van der Waals surface area contributed by atoms with Gasteiger partial charge in [-0.2, -0.15) is 0 Å². The molecule has 1 atom stereocenters. The third kappa shape index (κ3) is 3.75. The zero-order valence-electron chi connectivity index (χ0n) is 14.0. The second-order valence-corrected chi connectivity index (χ2v) is 6.87. The Morgan fingerprint density at radius 1 is 1.16 bits per heavy atom. The molecule has 0 bridgehead atoms. The molecule has 0 saturated heterocycles. The molecule has 25 heavy (non-hydrogen) atoms. The summed E-state index contributed by atoms with van der Waals surface area (Å²) in [7, 11) is 0. The molecule has 3 aromatic rings. The standard InChI is InChI=1S/C19H20N4OS/c1-14-6-10-25-17(14)19(18(20)24,11-16-3-2-7-22-12-16)23-13-15-4-8-21-9-5-15/h2-10,12,23H,11,13H2,1H3,(H2,20,24). The van der Waals surface area contributed by atoms with E-state index < -0.39 is 11.4 Å². The van der Waals surface area contributed by atoms with Gasteiger partial charge in [0.25, 0.3) is 0 Å². The lowest BCUT2D eigenvalue weighted by atomic mass is 9.86. The van der Waals surface area contributed by atoms with Gasteiger partial charge in [0.15, 0.2) is 0 Å². The first-order chi connectivity index (χ1) is 12.1. The van der Waals surface area contributed by atoms with Crippen LogP contribution in [0.2, 0.25) is 0 Å². The topological polar surface area (TPSA) is 80.9 Å². The van der Waals surface area contributed by atoms with Gasteiger partial charge >= 0.3 is 0 Å². The molecule has 0 fully saturated rings. The molecule has 128 valence electrons. The molecule has 3 aromatic heterocycles. The summed E-state index contributed by atoms with van der Waals surface area (Å²) < 4.78 is 0. The molecule has 0 aliphatic heterocycles.